The van der Waals surface area contributed by atoms with E-state index in [4.69, 9.17) is 5.53 Å². The smallest absolute Gasteiger partial charge is 0.208 e. The summed E-state index contributed by atoms with van der Waals surface area (Å²) in [4.78, 5) is 15.4. The molecule has 0 amide bonds. The van der Waals surface area contributed by atoms with Crippen LogP contribution < -0.4 is 0 Å². The third kappa shape index (κ3) is 4.44. The number of Topliss-reactive ketones (excluding diaryl/α,β-unsaturated/α-hetero) is 1. The topological polar surface area (TPSA) is 65.8 Å². The Morgan fingerprint density at radius 2 is 1.96 bits per heavy atom. The Kier molecular flexibility index (Phi) is 5.25. The summed E-state index contributed by atoms with van der Waals surface area (Å²) in [6.45, 7) is 6.26. The highest BCUT2D eigenvalue weighted by atomic mass is 28.3. The number of ketones is 1. The summed E-state index contributed by atoms with van der Waals surface area (Å²) in [6, 6.07) is 5.79. The summed E-state index contributed by atoms with van der Waals surface area (Å²) in [7, 11) is -1.63. The Morgan fingerprint density at radius 3 is 2.52 bits per heavy atom. The zero-order valence-corrected chi connectivity index (χ0v) is 14.6. The average Bonchev–Trinajstić information content (AvgIpc) is 2.89. The van der Waals surface area contributed by atoms with E-state index in [1.165, 1.54) is 12.1 Å². The number of benzene rings is 1. The van der Waals surface area contributed by atoms with Gasteiger partial charge in [-0.25, -0.2) is 4.39 Å². The molecule has 0 aliphatic heterocycles. The van der Waals surface area contributed by atoms with Crippen molar-refractivity contribution in [3.63, 3.8) is 0 Å². The molecule has 0 saturated heterocycles. The van der Waals surface area contributed by atoms with Crippen LogP contribution in [0.4, 0.5) is 4.39 Å². The Labute approximate surface area is 136 Å². The van der Waals surface area contributed by atoms with Gasteiger partial charge >= 0.3 is 0 Å². The fourth-order valence-corrected chi connectivity index (χ4v) is 3.45. The number of nitrogens with zero attached hydrogens (tertiary/aromatic N) is 3. The van der Waals surface area contributed by atoms with Gasteiger partial charge in [-0.1, -0.05) is 36.9 Å². The Bertz CT molecular complexity index is 693. The van der Waals surface area contributed by atoms with Gasteiger partial charge in [-0.15, -0.1) is 5.54 Å². The van der Waals surface area contributed by atoms with Crippen LogP contribution in [0.5, 0.6) is 0 Å². The van der Waals surface area contributed by atoms with E-state index in [0.29, 0.717) is 12.8 Å². The number of hydrogen-bond acceptors (Lipinski definition) is 2. The van der Waals surface area contributed by atoms with E-state index in [-0.39, 0.29) is 29.5 Å². The van der Waals surface area contributed by atoms with Crippen molar-refractivity contribution in [2.45, 2.75) is 44.4 Å². The van der Waals surface area contributed by atoms with Crippen LogP contribution in [0.25, 0.3) is 10.4 Å². The molecule has 1 aliphatic rings. The molecule has 0 bridgehead atoms. The second-order valence-electron chi connectivity index (χ2n) is 6.90. The molecule has 0 radical (unpaired) electrons. The first-order valence-corrected chi connectivity index (χ1v) is 11.2. The van der Waals surface area contributed by atoms with Gasteiger partial charge in [-0.3, -0.25) is 4.79 Å². The molecule has 0 heterocycles. The number of rotatable bonds is 3. The molecule has 2 rings (SSSR count). The monoisotopic (exact) mass is 329 g/mol. The fraction of sp³-hybridized carbons (Fsp3) is 0.471. The van der Waals surface area contributed by atoms with E-state index in [1.54, 1.807) is 12.1 Å². The van der Waals surface area contributed by atoms with Gasteiger partial charge < -0.3 is 0 Å². The van der Waals surface area contributed by atoms with Crippen molar-refractivity contribution < 1.29 is 9.18 Å². The van der Waals surface area contributed by atoms with Crippen molar-refractivity contribution in [1.29, 1.82) is 0 Å². The summed E-state index contributed by atoms with van der Waals surface area (Å²) in [5.74, 6) is 1.86. The molecule has 1 aromatic rings. The molecule has 3 atom stereocenters. The SMILES string of the molecule is C[Si](C)(C)C#CC(=O)C1CCC(N=[N+]=[N-])C1c1ccc(F)cc1. The number of carbonyl (C=O) groups excluding carboxylic acids is 1. The minimum atomic E-state index is -1.63. The summed E-state index contributed by atoms with van der Waals surface area (Å²) in [6.07, 6.45) is 1.29. The lowest BCUT2D eigenvalue weighted by atomic mass is 9.84. The quantitative estimate of drug-likeness (QED) is 0.266. The molecule has 0 aromatic heterocycles. The zero-order chi connectivity index (χ0) is 17.0. The summed E-state index contributed by atoms with van der Waals surface area (Å²) >= 11 is 0. The third-order valence-electron chi connectivity index (χ3n) is 3.97. The lowest BCUT2D eigenvalue weighted by Gasteiger charge is -2.20. The highest BCUT2D eigenvalue weighted by Gasteiger charge is 2.40. The van der Waals surface area contributed by atoms with Gasteiger partial charge in [0.2, 0.25) is 5.78 Å². The standard InChI is InChI=1S/C17H20FN3OSi/c1-23(2,3)11-10-16(22)14-8-9-15(20-21-19)17(14)12-4-6-13(18)7-5-12/h4-7,14-15,17H,8-9H2,1-3H3. The van der Waals surface area contributed by atoms with Crippen molar-refractivity contribution in [2.75, 3.05) is 0 Å². The van der Waals surface area contributed by atoms with Crippen molar-refractivity contribution in [2.24, 2.45) is 11.0 Å². The van der Waals surface area contributed by atoms with Crippen LogP contribution in [0, 0.1) is 23.2 Å². The van der Waals surface area contributed by atoms with Gasteiger partial charge in [0.05, 0.1) is 0 Å². The van der Waals surface area contributed by atoms with Gasteiger partial charge in [0, 0.05) is 22.8 Å². The van der Waals surface area contributed by atoms with Crippen molar-refractivity contribution in [3.05, 3.63) is 46.1 Å². The second kappa shape index (κ2) is 6.99. The van der Waals surface area contributed by atoms with Gasteiger partial charge in [0.1, 0.15) is 13.9 Å². The lowest BCUT2D eigenvalue weighted by Crippen LogP contribution is -2.23. The molecule has 1 aliphatic carbocycles. The highest BCUT2D eigenvalue weighted by molar-refractivity contribution is 6.84. The third-order valence-corrected chi connectivity index (χ3v) is 4.85. The average molecular weight is 329 g/mol. The van der Waals surface area contributed by atoms with Gasteiger partial charge in [0.25, 0.3) is 0 Å². The van der Waals surface area contributed by atoms with Crippen LogP contribution in [0.15, 0.2) is 29.4 Å². The first kappa shape index (κ1) is 17.3. The molecule has 23 heavy (non-hydrogen) atoms. The first-order valence-electron chi connectivity index (χ1n) is 7.68. The Morgan fingerprint density at radius 1 is 1.30 bits per heavy atom. The van der Waals surface area contributed by atoms with E-state index in [2.05, 4.69) is 41.1 Å². The van der Waals surface area contributed by atoms with Gasteiger partial charge in [0.15, 0.2) is 0 Å². The summed E-state index contributed by atoms with van der Waals surface area (Å²) in [5, 5.41) is 3.84. The minimum Gasteiger partial charge on any atom is -0.285 e. The Hall–Kier alpha value is -2.09. The normalized spacial score (nSPS) is 23.6. The van der Waals surface area contributed by atoms with Crippen LogP contribution in [-0.2, 0) is 4.79 Å². The number of halogens is 1. The molecular weight excluding hydrogens is 309 g/mol. The fourth-order valence-electron chi connectivity index (χ4n) is 2.95. The molecule has 1 aromatic carbocycles. The van der Waals surface area contributed by atoms with E-state index >= 15 is 0 Å². The molecule has 6 heteroatoms. The second-order valence-corrected chi connectivity index (χ2v) is 11.6. The van der Waals surface area contributed by atoms with Crippen LogP contribution in [0.2, 0.25) is 19.6 Å². The summed E-state index contributed by atoms with van der Waals surface area (Å²) < 4.78 is 13.2. The molecule has 1 saturated carbocycles. The Balaban J connectivity index is 2.33. The van der Waals surface area contributed by atoms with E-state index in [1.807, 2.05) is 0 Å². The van der Waals surface area contributed by atoms with Crippen LogP contribution in [0.3, 0.4) is 0 Å². The molecule has 120 valence electrons. The number of hydrogen-bond donors (Lipinski definition) is 0. The van der Waals surface area contributed by atoms with E-state index in [9.17, 15) is 9.18 Å². The van der Waals surface area contributed by atoms with E-state index < -0.39 is 8.07 Å². The van der Waals surface area contributed by atoms with Crippen LogP contribution in [0.1, 0.15) is 24.3 Å². The van der Waals surface area contributed by atoms with E-state index in [0.717, 1.165) is 5.56 Å². The number of carbonyl (C=O) groups is 1. The maximum Gasteiger partial charge on any atom is 0.208 e. The van der Waals surface area contributed by atoms with Crippen molar-refractivity contribution >= 4 is 13.9 Å². The van der Waals surface area contributed by atoms with Gasteiger partial charge in [-0.05, 0) is 42.0 Å². The van der Waals surface area contributed by atoms with Gasteiger partial charge in [-0.2, -0.15) is 0 Å². The molecule has 4 nitrogen and oxygen atoms in total. The molecular formula is C17H20FN3OSi. The highest BCUT2D eigenvalue weighted by Crippen LogP contribution is 2.42. The van der Waals surface area contributed by atoms with Crippen LogP contribution in [-0.4, -0.2) is 19.9 Å². The first-order chi connectivity index (χ1) is 10.8. The maximum absolute atomic E-state index is 13.2. The summed E-state index contributed by atoms with van der Waals surface area (Å²) in [5.41, 5.74) is 12.7. The predicted octanol–water partition coefficient (Wildman–Crippen LogP) is 4.45. The molecule has 1 fully saturated rings. The maximum atomic E-state index is 13.2. The zero-order valence-electron chi connectivity index (χ0n) is 13.6. The molecule has 0 spiro atoms. The van der Waals surface area contributed by atoms with Crippen LogP contribution >= 0.6 is 0 Å². The minimum absolute atomic E-state index is 0.0996. The predicted molar refractivity (Wildman–Crippen MR) is 90.9 cm³/mol. The number of azide groups is 1. The largest absolute Gasteiger partial charge is 0.285 e. The molecule has 0 N–H and O–H groups in total. The van der Waals surface area contributed by atoms with Crippen molar-refractivity contribution in [3.8, 4) is 11.5 Å². The van der Waals surface area contributed by atoms with Crippen molar-refractivity contribution in [1.82, 2.24) is 0 Å². The molecule has 3 unspecified atom stereocenters. The lowest BCUT2D eigenvalue weighted by molar-refractivity contribution is -0.117.